The van der Waals surface area contributed by atoms with Crippen molar-refractivity contribution in [2.24, 2.45) is 11.1 Å². The van der Waals surface area contributed by atoms with E-state index in [0.717, 1.165) is 19.3 Å². The Kier molecular flexibility index (Phi) is 10.8. The molecule has 216 valence electrons. The van der Waals surface area contributed by atoms with Gasteiger partial charge in [0.2, 0.25) is 5.91 Å². The van der Waals surface area contributed by atoms with Crippen LogP contribution < -0.4 is 16.4 Å². The summed E-state index contributed by atoms with van der Waals surface area (Å²) >= 11 is 12.3. The van der Waals surface area contributed by atoms with Crippen molar-refractivity contribution < 1.29 is 23.8 Å². The van der Waals surface area contributed by atoms with E-state index in [1.807, 2.05) is 0 Å². The lowest BCUT2D eigenvalue weighted by molar-refractivity contribution is -0.123. The number of hydrogen-bond donors (Lipinski definition) is 5. The average Bonchev–Trinajstić information content (AvgIpc) is 3.20. The van der Waals surface area contributed by atoms with E-state index in [-0.39, 0.29) is 39.6 Å². The number of rotatable bonds is 12. The second-order valence-corrected chi connectivity index (χ2v) is 11.4. The summed E-state index contributed by atoms with van der Waals surface area (Å²) in [5, 5.41) is 25.0. The van der Waals surface area contributed by atoms with E-state index in [9.17, 15) is 9.90 Å². The summed E-state index contributed by atoms with van der Waals surface area (Å²) in [6.45, 7) is 5.91. The molecule has 5 unspecified atom stereocenters. The third-order valence-corrected chi connectivity index (χ3v) is 9.20. The molecule has 1 aliphatic rings. The lowest BCUT2D eigenvalue weighted by atomic mass is 9.66. The van der Waals surface area contributed by atoms with E-state index >= 15 is 8.78 Å². The number of aliphatic hydroxyl groups is 2. The Bertz CT molecular complexity index is 1140. The maximum Gasteiger partial charge on any atom is 0.237 e. The van der Waals surface area contributed by atoms with Gasteiger partial charge in [0.15, 0.2) is 0 Å². The van der Waals surface area contributed by atoms with Crippen LogP contribution in [0.5, 0.6) is 0 Å². The maximum absolute atomic E-state index is 15.7. The van der Waals surface area contributed by atoms with E-state index in [4.69, 9.17) is 34.0 Å². The van der Waals surface area contributed by atoms with E-state index < -0.39 is 53.8 Å². The molecular formula is C29H39Cl2F2N3O3. The summed E-state index contributed by atoms with van der Waals surface area (Å²) in [4.78, 5) is 13.6. The fourth-order valence-corrected chi connectivity index (χ4v) is 6.31. The van der Waals surface area contributed by atoms with Gasteiger partial charge in [-0.2, -0.15) is 0 Å². The fourth-order valence-electron chi connectivity index (χ4n) is 5.97. The molecular weight excluding hydrogens is 547 g/mol. The molecule has 6 nitrogen and oxygen atoms in total. The maximum atomic E-state index is 15.7. The molecule has 1 saturated heterocycles. The van der Waals surface area contributed by atoms with Crippen molar-refractivity contribution >= 4 is 29.1 Å². The monoisotopic (exact) mass is 585 g/mol. The van der Waals surface area contributed by atoms with Crippen molar-refractivity contribution in [1.29, 1.82) is 0 Å². The number of nitrogens with one attached hydrogen (secondary N) is 2. The molecule has 5 atom stereocenters. The molecule has 10 heteroatoms. The summed E-state index contributed by atoms with van der Waals surface area (Å²) in [5.74, 6) is -2.89. The van der Waals surface area contributed by atoms with Gasteiger partial charge in [-0.25, -0.2) is 8.78 Å². The van der Waals surface area contributed by atoms with Gasteiger partial charge in [-0.3, -0.25) is 4.79 Å². The average molecular weight is 587 g/mol. The van der Waals surface area contributed by atoms with Crippen LogP contribution in [0.3, 0.4) is 0 Å². The largest absolute Gasteiger partial charge is 0.394 e. The number of carbonyl (C=O) groups is 1. The zero-order valence-electron chi connectivity index (χ0n) is 22.6. The summed E-state index contributed by atoms with van der Waals surface area (Å²) in [6.07, 6.45) is 2.16. The molecule has 1 amide bonds. The minimum absolute atomic E-state index is 0.0733. The van der Waals surface area contributed by atoms with E-state index in [0.29, 0.717) is 6.42 Å². The fraction of sp³-hybridized carbons (Fsp3) is 0.552. The number of nitrogens with two attached hydrogens (primary N) is 1. The molecule has 2 aromatic rings. The highest BCUT2D eigenvalue weighted by Gasteiger charge is 2.59. The lowest BCUT2D eigenvalue weighted by Gasteiger charge is -2.42. The van der Waals surface area contributed by atoms with Gasteiger partial charge in [0.05, 0.1) is 29.3 Å². The first-order chi connectivity index (χ1) is 18.5. The molecule has 0 spiro atoms. The molecule has 0 saturated carbocycles. The Balaban J connectivity index is 2.21. The van der Waals surface area contributed by atoms with Crippen LogP contribution in [0.4, 0.5) is 8.78 Å². The molecule has 0 aromatic heterocycles. The summed E-state index contributed by atoms with van der Waals surface area (Å²) in [7, 11) is 0. The number of amides is 1. The van der Waals surface area contributed by atoms with Crippen LogP contribution in [-0.4, -0.2) is 47.5 Å². The van der Waals surface area contributed by atoms with Gasteiger partial charge in [0.25, 0.3) is 0 Å². The normalized spacial score (nSPS) is 24.1. The van der Waals surface area contributed by atoms with Crippen LogP contribution in [-0.2, 0) is 10.3 Å². The van der Waals surface area contributed by atoms with Gasteiger partial charge in [-0.05, 0) is 42.0 Å². The minimum Gasteiger partial charge on any atom is -0.394 e. The van der Waals surface area contributed by atoms with Crippen molar-refractivity contribution in [3.8, 4) is 0 Å². The van der Waals surface area contributed by atoms with Crippen LogP contribution >= 0.6 is 23.2 Å². The third-order valence-electron chi connectivity index (χ3n) is 8.68. The molecule has 1 heterocycles. The first-order valence-corrected chi connectivity index (χ1v) is 14.2. The van der Waals surface area contributed by atoms with Crippen molar-refractivity contribution in [2.75, 3.05) is 13.2 Å². The van der Waals surface area contributed by atoms with Gasteiger partial charge in [0.1, 0.15) is 11.6 Å². The minimum atomic E-state index is -1.56. The van der Waals surface area contributed by atoms with Crippen LogP contribution in [0, 0.1) is 17.0 Å². The zero-order chi connectivity index (χ0) is 29.0. The second-order valence-electron chi connectivity index (χ2n) is 10.6. The Morgan fingerprint density at radius 2 is 1.85 bits per heavy atom. The second kappa shape index (κ2) is 13.2. The third kappa shape index (κ3) is 6.42. The van der Waals surface area contributed by atoms with Crippen LogP contribution in [0.25, 0.3) is 0 Å². The quantitative estimate of drug-likeness (QED) is 0.240. The number of halogens is 4. The zero-order valence-corrected chi connectivity index (χ0v) is 24.1. The van der Waals surface area contributed by atoms with Crippen molar-refractivity contribution in [3.63, 3.8) is 0 Å². The number of benzene rings is 2. The molecule has 1 aliphatic heterocycles. The van der Waals surface area contributed by atoms with Gasteiger partial charge >= 0.3 is 0 Å². The smallest absolute Gasteiger partial charge is 0.237 e. The van der Waals surface area contributed by atoms with Gasteiger partial charge < -0.3 is 26.6 Å². The topological polar surface area (TPSA) is 108 Å². The molecule has 1 fully saturated rings. The first kappa shape index (κ1) is 31.7. The Hall–Kier alpha value is -1.81. The van der Waals surface area contributed by atoms with E-state index in [1.165, 1.54) is 30.3 Å². The van der Waals surface area contributed by atoms with E-state index in [1.54, 1.807) is 6.07 Å². The lowest BCUT2D eigenvalue weighted by Crippen LogP contribution is -2.53. The number of hydrogen-bond acceptors (Lipinski definition) is 5. The summed E-state index contributed by atoms with van der Waals surface area (Å²) in [5.41, 5.74) is 5.77. The highest BCUT2D eigenvalue weighted by molar-refractivity contribution is 6.31. The van der Waals surface area contributed by atoms with Crippen molar-refractivity contribution in [2.45, 2.75) is 82.5 Å². The van der Waals surface area contributed by atoms with Gasteiger partial charge in [-0.1, -0.05) is 81.4 Å². The molecule has 3 rings (SSSR count). The van der Waals surface area contributed by atoms with Crippen molar-refractivity contribution in [3.05, 3.63) is 69.2 Å². The highest BCUT2D eigenvalue weighted by atomic mass is 35.5. The predicted molar refractivity (Wildman–Crippen MR) is 151 cm³/mol. The standard InChI is InChI=1S/C29H39Cl2F2N3O3/c1-4-28(5-2,6-3)15-23-29(34,20-11-10-17(30)14-22(20)32)24(19-8-7-9-21(31)25(19)33)26(36-23)27(39)35-13-12-18(38)16-37/h7-11,14,18,23-24,26,36-38H,4-6,12-13,15-16,34H2,1-3H3,(H,35,39). The molecule has 0 bridgehead atoms. The summed E-state index contributed by atoms with van der Waals surface area (Å²) in [6, 6.07) is 7.06. The Labute approximate surface area is 239 Å². The van der Waals surface area contributed by atoms with Gasteiger partial charge in [0, 0.05) is 29.1 Å². The molecule has 0 radical (unpaired) electrons. The molecule has 39 heavy (non-hydrogen) atoms. The Morgan fingerprint density at radius 3 is 2.44 bits per heavy atom. The number of aliphatic hydroxyl groups excluding tert-OH is 2. The van der Waals surface area contributed by atoms with Gasteiger partial charge in [-0.15, -0.1) is 0 Å². The first-order valence-electron chi connectivity index (χ1n) is 13.5. The SMILES string of the molecule is CCC(CC)(CC)CC1NC(C(=O)NCCC(O)CO)C(c2cccc(Cl)c2F)C1(N)c1ccc(Cl)cc1F. The molecule has 0 aliphatic carbocycles. The van der Waals surface area contributed by atoms with Crippen LogP contribution in [0.1, 0.15) is 69.9 Å². The predicted octanol–water partition coefficient (Wildman–Crippen LogP) is 5.02. The van der Waals surface area contributed by atoms with E-state index in [2.05, 4.69) is 31.4 Å². The van der Waals surface area contributed by atoms with Crippen molar-refractivity contribution in [1.82, 2.24) is 10.6 Å². The number of carbonyl (C=O) groups excluding carboxylic acids is 1. The Morgan fingerprint density at radius 1 is 1.18 bits per heavy atom. The highest BCUT2D eigenvalue weighted by Crippen LogP contribution is 2.51. The summed E-state index contributed by atoms with van der Waals surface area (Å²) < 4.78 is 31.3. The van der Waals surface area contributed by atoms with Crippen LogP contribution in [0.2, 0.25) is 10.0 Å². The van der Waals surface area contributed by atoms with Crippen LogP contribution in [0.15, 0.2) is 36.4 Å². The molecule has 6 N–H and O–H groups in total. The molecule has 2 aromatic carbocycles.